The Morgan fingerprint density at radius 3 is 2.91 bits per heavy atom. The number of hydrogen-bond acceptors (Lipinski definition) is 5. The van der Waals surface area contributed by atoms with E-state index >= 15 is 0 Å². The standard InChI is InChI=1S/C16H22N4O2S/c1-10-14(23-15(18-10)12-8-17-19(3)9-12)16(22)20-7-5-4-6-13(20)11(2)21/h8-9,11,13,21H,4-7H2,1-3H3. The first kappa shape index (κ1) is 16.1. The Bertz CT molecular complexity index is 707. The molecule has 2 atom stereocenters. The first-order chi connectivity index (χ1) is 11.0. The number of thiazole rings is 1. The Morgan fingerprint density at radius 2 is 2.26 bits per heavy atom. The van der Waals surface area contributed by atoms with Gasteiger partial charge < -0.3 is 10.0 Å². The van der Waals surface area contributed by atoms with Gasteiger partial charge in [0.25, 0.3) is 5.91 Å². The molecule has 0 saturated carbocycles. The summed E-state index contributed by atoms with van der Waals surface area (Å²) in [6, 6.07) is -0.0976. The summed E-state index contributed by atoms with van der Waals surface area (Å²) in [5, 5.41) is 14.9. The normalized spacial score (nSPS) is 19.8. The van der Waals surface area contributed by atoms with Crippen LogP contribution in [0.5, 0.6) is 0 Å². The molecular formula is C16H22N4O2S. The summed E-state index contributed by atoms with van der Waals surface area (Å²) in [5.74, 6) is -0.0132. The maximum Gasteiger partial charge on any atom is 0.266 e. The van der Waals surface area contributed by atoms with E-state index in [2.05, 4.69) is 10.1 Å². The first-order valence-electron chi connectivity index (χ1n) is 7.93. The molecule has 7 heteroatoms. The van der Waals surface area contributed by atoms with Crippen molar-refractivity contribution < 1.29 is 9.90 Å². The van der Waals surface area contributed by atoms with Crippen LogP contribution in [0.3, 0.4) is 0 Å². The number of hydrogen-bond donors (Lipinski definition) is 1. The van der Waals surface area contributed by atoms with Crippen LogP contribution in [0.4, 0.5) is 0 Å². The van der Waals surface area contributed by atoms with Gasteiger partial charge in [-0.3, -0.25) is 9.48 Å². The lowest BCUT2D eigenvalue weighted by Crippen LogP contribution is -2.48. The number of aliphatic hydroxyl groups is 1. The minimum absolute atomic E-state index is 0.0132. The molecule has 0 radical (unpaired) electrons. The minimum atomic E-state index is -0.509. The van der Waals surface area contributed by atoms with Gasteiger partial charge in [-0.25, -0.2) is 4.98 Å². The third kappa shape index (κ3) is 3.16. The van der Waals surface area contributed by atoms with E-state index in [-0.39, 0.29) is 11.9 Å². The first-order valence-corrected chi connectivity index (χ1v) is 8.74. The van der Waals surface area contributed by atoms with E-state index in [1.165, 1.54) is 11.3 Å². The molecule has 2 aromatic rings. The molecule has 1 fully saturated rings. The summed E-state index contributed by atoms with van der Waals surface area (Å²) in [7, 11) is 1.86. The van der Waals surface area contributed by atoms with Crippen molar-refractivity contribution in [3.8, 4) is 10.6 Å². The Hall–Kier alpha value is -1.73. The van der Waals surface area contributed by atoms with Crippen molar-refractivity contribution in [2.75, 3.05) is 6.54 Å². The van der Waals surface area contributed by atoms with Crippen LogP contribution in [-0.4, -0.2) is 49.4 Å². The van der Waals surface area contributed by atoms with Gasteiger partial charge in [0.1, 0.15) is 9.88 Å². The third-order valence-corrected chi connectivity index (χ3v) is 5.50. The van der Waals surface area contributed by atoms with Crippen molar-refractivity contribution in [1.29, 1.82) is 0 Å². The van der Waals surface area contributed by atoms with Crippen molar-refractivity contribution in [2.45, 2.75) is 45.3 Å². The quantitative estimate of drug-likeness (QED) is 0.934. The molecular weight excluding hydrogens is 312 g/mol. The van der Waals surface area contributed by atoms with Crippen molar-refractivity contribution >= 4 is 17.2 Å². The SMILES string of the molecule is Cc1nc(-c2cnn(C)c2)sc1C(=O)N1CCCCC1C(C)O. The predicted molar refractivity (Wildman–Crippen MR) is 89.4 cm³/mol. The monoisotopic (exact) mass is 334 g/mol. The number of amides is 1. The number of nitrogens with zero attached hydrogens (tertiary/aromatic N) is 4. The Balaban J connectivity index is 1.88. The van der Waals surface area contributed by atoms with Crippen LogP contribution in [-0.2, 0) is 7.05 Å². The Kier molecular flexibility index (Phi) is 4.50. The molecule has 0 aromatic carbocycles. The molecule has 1 amide bonds. The molecule has 3 heterocycles. The van der Waals surface area contributed by atoms with Crippen molar-refractivity contribution in [2.24, 2.45) is 7.05 Å². The van der Waals surface area contributed by atoms with E-state index in [9.17, 15) is 9.90 Å². The fourth-order valence-corrected chi connectivity index (χ4v) is 4.09. The lowest BCUT2D eigenvalue weighted by atomic mass is 9.98. The lowest BCUT2D eigenvalue weighted by Gasteiger charge is -2.37. The summed E-state index contributed by atoms with van der Waals surface area (Å²) in [6.07, 6.45) is 6.05. The molecule has 6 nitrogen and oxygen atoms in total. The maximum atomic E-state index is 12.9. The van der Waals surface area contributed by atoms with Gasteiger partial charge in [0, 0.05) is 25.4 Å². The van der Waals surface area contributed by atoms with Gasteiger partial charge in [-0.05, 0) is 33.1 Å². The fourth-order valence-electron chi connectivity index (χ4n) is 3.09. The number of aryl methyl sites for hydroxylation is 2. The highest BCUT2D eigenvalue weighted by Crippen LogP contribution is 2.30. The highest BCUT2D eigenvalue weighted by molar-refractivity contribution is 7.17. The van der Waals surface area contributed by atoms with Gasteiger partial charge in [-0.15, -0.1) is 11.3 Å². The average molecular weight is 334 g/mol. The molecule has 2 unspecified atom stereocenters. The Labute approximate surface area is 139 Å². The van der Waals surface area contributed by atoms with Crippen LogP contribution in [0.2, 0.25) is 0 Å². The summed E-state index contributed by atoms with van der Waals surface area (Å²) >= 11 is 1.40. The number of carbonyl (C=O) groups is 1. The van der Waals surface area contributed by atoms with Crippen molar-refractivity contribution in [3.63, 3.8) is 0 Å². The second-order valence-electron chi connectivity index (χ2n) is 6.14. The Morgan fingerprint density at radius 1 is 1.48 bits per heavy atom. The minimum Gasteiger partial charge on any atom is -0.391 e. The molecule has 0 spiro atoms. The third-order valence-electron chi connectivity index (χ3n) is 4.31. The zero-order valence-electron chi connectivity index (χ0n) is 13.7. The van der Waals surface area contributed by atoms with Crippen LogP contribution < -0.4 is 0 Å². The number of piperidine rings is 1. The number of likely N-dealkylation sites (tertiary alicyclic amines) is 1. The van der Waals surface area contributed by atoms with Gasteiger partial charge >= 0.3 is 0 Å². The highest BCUT2D eigenvalue weighted by atomic mass is 32.1. The molecule has 0 aliphatic carbocycles. The largest absolute Gasteiger partial charge is 0.391 e. The molecule has 1 saturated heterocycles. The topological polar surface area (TPSA) is 71.2 Å². The van der Waals surface area contributed by atoms with Crippen LogP contribution in [0.25, 0.3) is 10.6 Å². The molecule has 124 valence electrons. The molecule has 23 heavy (non-hydrogen) atoms. The molecule has 1 N–H and O–H groups in total. The molecule has 2 aromatic heterocycles. The maximum absolute atomic E-state index is 12.9. The fraction of sp³-hybridized carbons (Fsp3) is 0.562. The molecule has 1 aliphatic rings. The zero-order chi connectivity index (χ0) is 16.6. The van der Waals surface area contributed by atoms with Gasteiger partial charge in [-0.1, -0.05) is 0 Å². The molecule has 1 aliphatic heterocycles. The van der Waals surface area contributed by atoms with Crippen molar-refractivity contribution in [1.82, 2.24) is 19.7 Å². The van der Waals surface area contributed by atoms with Crippen LogP contribution in [0.15, 0.2) is 12.4 Å². The smallest absolute Gasteiger partial charge is 0.266 e. The molecule has 3 rings (SSSR count). The second-order valence-corrected chi connectivity index (χ2v) is 7.14. The summed E-state index contributed by atoms with van der Waals surface area (Å²) in [6.45, 7) is 4.33. The van der Waals surface area contributed by atoms with E-state index in [1.807, 2.05) is 25.1 Å². The average Bonchev–Trinajstić information content (AvgIpc) is 3.12. The van der Waals surface area contributed by atoms with Crippen LogP contribution in [0, 0.1) is 6.92 Å². The summed E-state index contributed by atoms with van der Waals surface area (Å²) < 4.78 is 1.72. The van der Waals surface area contributed by atoms with Crippen LogP contribution in [0.1, 0.15) is 41.6 Å². The number of carbonyl (C=O) groups excluding carboxylic acids is 1. The van der Waals surface area contributed by atoms with E-state index in [4.69, 9.17) is 0 Å². The van der Waals surface area contributed by atoms with E-state index < -0.39 is 6.10 Å². The van der Waals surface area contributed by atoms with Crippen LogP contribution >= 0.6 is 11.3 Å². The van der Waals surface area contributed by atoms with E-state index in [1.54, 1.807) is 17.8 Å². The zero-order valence-corrected chi connectivity index (χ0v) is 14.5. The molecule has 0 bridgehead atoms. The van der Waals surface area contributed by atoms with E-state index in [0.717, 1.165) is 35.5 Å². The summed E-state index contributed by atoms with van der Waals surface area (Å²) in [4.78, 5) is 20.0. The van der Waals surface area contributed by atoms with Gasteiger partial charge in [0.2, 0.25) is 0 Å². The lowest BCUT2D eigenvalue weighted by molar-refractivity contribution is 0.0284. The highest BCUT2D eigenvalue weighted by Gasteiger charge is 2.32. The van der Waals surface area contributed by atoms with Gasteiger partial charge in [0.15, 0.2) is 0 Å². The number of rotatable bonds is 3. The van der Waals surface area contributed by atoms with Crippen molar-refractivity contribution in [3.05, 3.63) is 23.0 Å². The van der Waals surface area contributed by atoms with Gasteiger partial charge in [0.05, 0.1) is 24.0 Å². The number of aliphatic hydroxyl groups excluding tert-OH is 1. The second kappa shape index (κ2) is 6.41. The van der Waals surface area contributed by atoms with E-state index in [0.29, 0.717) is 11.4 Å². The number of aromatic nitrogens is 3. The summed E-state index contributed by atoms with van der Waals surface area (Å²) in [5.41, 5.74) is 1.67. The predicted octanol–water partition coefficient (Wildman–Crippen LogP) is 2.23. The van der Waals surface area contributed by atoms with Gasteiger partial charge in [-0.2, -0.15) is 5.10 Å².